The van der Waals surface area contributed by atoms with E-state index in [1.807, 2.05) is 0 Å². The summed E-state index contributed by atoms with van der Waals surface area (Å²) in [6.07, 6.45) is 0. The fourth-order valence-corrected chi connectivity index (χ4v) is 0.914. The van der Waals surface area contributed by atoms with E-state index in [1.54, 1.807) is 0 Å². The first-order valence-electron chi connectivity index (χ1n) is 3.06. The maximum Gasteiger partial charge on any atom is 0.323 e. The molecule has 70 valence electrons. The average Bonchev–Trinajstić information content (AvgIpc) is 2.02. The molecule has 0 heterocycles. The Morgan fingerprint density at radius 1 is 1.75 bits per heavy atom. The van der Waals surface area contributed by atoms with Gasteiger partial charge in [0.15, 0.2) is 0 Å². The highest BCUT2D eigenvalue weighted by Gasteiger charge is 2.26. The second kappa shape index (κ2) is 4.91. The number of amides is 1. The van der Waals surface area contributed by atoms with E-state index < -0.39 is 10.9 Å². The summed E-state index contributed by atoms with van der Waals surface area (Å²) >= 11 is 2.86. The molecule has 0 saturated carbocycles. The number of rotatable bonds is 3. The highest BCUT2D eigenvalue weighted by atomic mass is 79.9. The summed E-state index contributed by atoms with van der Waals surface area (Å²) in [6.45, 7) is 0. The number of carbonyl (C=O) groups excluding carboxylic acids is 1. The predicted molar refractivity (Wildman–Crippen MR) is 44.5 cm³/mol. The zero-order valence-electron chi connectivity index (χ0n) is 7.02. The zero-order chi connectivity index (χ0) is 9.72. The van der Waals surface area contributed by atoms with Gasteiger partial charge >= 0.3 is 10.9 Å². The fraction of sp³-hybridized carbons (Fsp3) is 0.800. The molecule has 0 spiro atoms. The summed E-state index contributed by atoms with van der Waals surface area (Å²) in [5.74, 6) is -0.397. The number of likely N-dealkylation sites (N-methyl/N-ethyl adjacent to an activating group) is 1. The minimum atomic E-state index is -1.03. The normalized spacial score (nSPS) is 13.8. The molecule has 0 aromatic rings. The van der Waals surface area contributed by atoms with Crippen molar-refractivity contribution < 1.29 is 14.5 Å². The Morgan fingerprint density at radius 2 is 2.25 bits per heavy atom. The number of halogens is 1. The van der Waals surface area contributed by atoms with E-state index in [0.29, 0.717) is 0 Å². The third-order valence-corrected chi connectivity index (χ3v) is 1.74. The maximum absolute atomic E-state index is 11.1. The molecule has 0 unspecified atom stereocenters. The van der Waals surface area contributed by atoms with Crippen molar-refractivity contribution in [1.29, 1.82) is 0 Å². The lowest BCUT2D eigenvalue weighted by molar-refractivity contribution is -0.557. The number of nitrogens with zero attached hydrogens (tertiary/aromatic N) is 3. The maximum atomic E-state index is 11.1. The van der Waals surface area contributed by atoms with E-state index in [4.69, 9.17) is 0 Å². The van der Waals surface area contributed by atoms with E-state index in [2.05, 4.69) is 26.0 Å². The van der Waals surface area contributed by atoms with Gasteiger partial charge in [0.2, 0.25) is 5.28 Å². The van der Waals surface area contributed by atoms with Gasteiger partial charge in [0.1, 0.15) is 7.11 Å². The van der Waals surface area contributed by atoms with Crippen LogP contribution in [0.15, 0.2) is 5.28 Å². The molecule has 0 aliphatic carbocycles. The Kier molecular flexibility index (Phi) is 4.57. The van der Waals surface area contributed by atoms with Crippen LogP contribution in [0.3, 0.4) is 0 Å². The number of hydrogen-bond donors (Lipinski definition) is 0. The molecule has 0 aliphatic rings. The first kappa shape index (κ1) is 11.2. The predicted octanol–water partition coefficient (Wildman–Crippen LogP) is 0.320. The van der Waals surface area contributed by atoms with Crippen LogP contribution >= 0.6 is 15.9 Å². The van der Waals surface area contributed by atoms with Crippen molar-refractivity contribution in [2.24, 2.45) is 5.28 Å². The number of hydroxylamine groups is 1. The molecule has 0 aromatic carbocycles. The van der Waals surface area contributed by atoms with Gasteiger partial charge in [-0.1, -0.05) is 0 Å². The Bertz CT molecular complexity index is 194. The summed E-state index contributed by atoms with van der Waals surface area (Å²) in [4.78, 5) is 15.7. The summed E-state index contributed by atoms with van der Waals surface area (Å²) in [7, 11) is 4.30. The van der Waals surface area contributed by atoms with Crippen molar-refractivity contribution in [2.75, 3.05) is 21.2 Å². The lowest BCUT2D eigenvalue weighted by Gasteiger charge is -2.11. The first-order valence-corrected chi connectivity index (χ1v) is 3.98. The van der Waals surface area contributed by atoms with Crippen molar-refractivity contribution >= 4 is 21.8 Å². The van der Waals surface area contributed by atoms with Gasteiger partial charge in [0.05, 0.1) is 0 Å². The lowest BCUT2D eigenvalue weighted by Crippen LogP contribution is -2.35. The van der Waals surface area contributed by atoms with Crippen LogP contribution in [-0.4, -0.2) is 41.8 Å². The van der Waals surface area contributed by atoms with Crippen molar-refractivity contribution in [3.05, 3.63) is 5.21 Å². The molecule has 0 N–H and O–H groups in total. The molecular weight excluding hydrogens is 230 g/mol. The van der Waals surface area contributed by atoms with Gasteiger partial charge in [-0.05, 0) is 4.86 Å². The van der Waals surface area contributed by atoms with Crippen LogP contribution in [0.4, 0.5) is 0 Å². The van der Waals surface area contributed by atoms with Crippen molar-refractivity contribution in [3.63, 3.8) is 0 Å². The standard InChI is InChI=1S/C5H10BrN3O3/c1-8(2)5(10)4(6)9(11)7-12-3/h4H,1-3H3/b9-7-/t4-/m0/s1. The Hall–Kier alpha value is -0.850. The summed E-state index contributed by atoms with van der Waals surface area (Å²) < 4.78 is 0. The SMILES string of the molecule is CO/N=[N+](\[O-])[C@H](Br)C(=O)N(C)C. The monoisotopic (exact) mass is 239 g/mol. The molecule has 1 atom stereocenters. The van der Waals surface area contributed by atoms with Gasteiger partial charge < -0.3 is 14.9 Å². The van der Waals surface area contributed by atoms with Crippen LogP contribution in [0.1, 0.15) is 0 Å². The minimum Gasteiger partial charge on any atom is -0.596 e. The van der Waals surface area contributed by atoms with Gasteiger partial charge in [-0.25, -0.2) is 0 Å². The Labute approximate surface area is 78.5 Å². The molecule has 0 rings (SSSR count). The molecule has 0 fully saturated rings. The van der Waals surface area contributed by atoms with Crippen LogP contribution < -0.4 is 0 Å². The summed E-state index contributed by atoms with van der Waals surface area (Å²) in [5, 5.41) is 13.8. The molecule has 0 saturated heterocycles. The second-order valence-corrected chi connectivity index (χ2v) is 3.00. The largest absolute Gasteiger partial charge is 0.596 e. The molecule has 0 radical (unpaired) electrons. The molecule has 0 aliphatic heterocycles. The fourth-order valence-electron chi connectivity index (χ4n) is 0.429. The highest BCUT2D eigenvalue weighted by Crippen LogP contribution is 2.04. The van der Waals surface area contributed by atoms with Crippen molar-refractivity contribution in [1.82, 2.24) is 4.90 Å². The number of carbonyl (C=O) groups is 1. The van der Waals surface area contributed by atoms with Crippen molar-refractivity contribution in [2.45, 2.75) is 4.95 Å². The molecular formula is C5H10BrN3O3. The molecule has 1 amide bonds. The molecule has 7 heteroatoms. The number of hydrogen-bond acceptors (Lipinski definition) is 4. The van der Waals surface area contributed by atoms with Crippen LogP contribution in [0.25, 0.3) is 0 Å². The van der Waals surface area contributed by atoms with Gasteiger partial charge in [-0.3, -0.25) is 4.79 Å². The lowest BCUT2D eigenvalue weighted by atomic mass is 10.6. The van der Waals surface area contributed by atoms with Crippen LogP contribution in [0.2, 0.25) is 0 Å². The van der Waals surface area contributed by atoms with E-state index in [0.717, 1.165) is 0 Å². The van der Waals surface area contributed by atoms with Gasteiger partial charge in [0, 0.05) is 30.0 Å². The third-order valence-electron chi connectivity index (χ3n) is 1.00. The highest BCUT2D eigenvalue weighted by molar-refractivity contribution is 9.09. The minimum absolute atomic E-state index is 0.141. The van der Waals surface area contributed by atoms with E-state index in [-0.39, 0.29) is 4.86 Å². The molecule has 0 aromatic heterocycles. The second-order valence-electron chi connectivity index (χ2n) is 2.14. The topological polar surface area (TPSA) is 68.0 Å². The van der Waals surface area contributed by atoms with Gasteiger partial charge in [-0.2, -0.15) is 0 Å². The van der Waals surface area contributed by atoms with E-state index in [9.17, 15) is 10.0 Å². The smallest absolute Gasteiger partial charge is 0.323 e. The third kappa shape index (κ3) is 3.04. The first-order chi connectivity index (χ1) is 5.50. The Morgan fingerprint density at radius 3 is 2.58 bits per heavy atom. The summed E-state index contributed by atoms with van der Waals surface area (Å²) in [6, 6.07) is 0. The molecule has 12 heavy (non-hydrogen) atoms. The van der Waals surface area contributed by atoms with Crippen molar-refractivity contribution in [3.8, 4) is 0 Å². The van der Waals surface area contributed by atoms with E-state index in [1.165, 1.54) is 26.1 Å². The van der Waals surface area contributed by atoms with E-state index >= 15 is 0 Å². The van der Waals surface area contributed by atoms with Gasteiger partial charge in [-0.15, -0.1) is 0 Å². The molecule has 0 bridgehead atoms. The zero-order valence-corrected chi connectivity index (χ0v) is 8.61. The van der Waals surface area contributed by atoms with Crippen LogP contribution in [-0.2, 0) is 9.63 Å². The van der Waals surface area contributed by atoms with Crippen LogP contribution in [0.5, 0.6) is 0 Å². The quantitative estimate of drug-likeness (QED) is 0.234. The van der Waals surface area contributed by atoms with Gasteiger partial charge in [0.25, 0.3) is 0 Å². The average molecular weight is 240 g/mol. The number of alkyl halides is 1. The Balaban J connectivity index is 4.29. The summed E-state index contributed by atoms with van der Waals surface area (Å²) in [5.41, 5.74) is 0. The van der Waals surface area contributed by atoms with Crippen LogP contribution in [0, 0.1) is 5.21 Å². The molecule has 6 nitrogen and oxygen atoms in total.